The van der Waals surface area contributed by atoms with Gasteiger partial charge < -0.3 is 10.2 Å². The van der Waals surface area contributed by atoms with E-state index in [2.05, 4.69) is 0 Å². The normalized spacial score (nSPS) is 11.7. The Labute approximate surface area is 82.8 Å². The number of rotatable bonds is 0. The monoisotopic (exact) mass is 200 g/mol. The molecule has 13 heavy (non-hydrogen) atoms. The maximum Gasteiger partial charge on any atom is 0.176 e. The number of hydrogen-bond donors (Lipinski definition) is 2. The highest BCUT2D eigenvalue weighted by molar-refractivity contribution is 6.32. The van der Waals surface area contributed by atoms with E-state index in [-0.39, 0.29) is 21.9 Å². The van der Waals surface area contributed by atoms with Gasteiger partial charge >= 0.3 is 0 Å². The second-order valence-corrected chi connectivity index (χ2v) is 4.48. The van der Waals surface area contributed by atoms with Crippen LogP contribution in [0, 0.1) is 0 Å². The molecule has 0 spiro atoms. The summed E-state index contributed by atoms with van der Waals surface area (Å²) in [4.78, 5) is 0. The Morgan fingerprint density at radius 1 is 1.15 bits per heavy atom. The summed E-state index contributed by atoms with van der Waals surface area (Å²) >= 11 is 5.72. The molecule has 0 heterocycles. The van der Waals surface area contributed by atoms with Gasteiger partial charge in [-0.25, -0.2) is 0 Å². The topological polar surface area (TPSA) is 40.5 Å². The van der Waals surface area contributed by atoms with Gasteiger partial charge in [-0.2, -0.15) is 0 Å². The van der Waals surface area contributed by atoms with Crippen LogP contribution in [-0.2, 0) is 5.41 Å². The van der Waals surface area contributed by atoms with E-state index in [0.29, 0.717) is 0 Å². The Morgan fingerprint density at radius 2 is 1.69 bits per heavy atom. The first-order valence-electron chi connectivity index (χ1n) is 4.04. The van der Waals surface area contributed by atoms with Crippen LogP contribution in [0.15, 0.2) is 12.1 Å². The van der Waals surface area contributed by atoms with Crippen LogP contribution < -0.4 is 0 Å². The summed E-state index contributed by atoms with van der Waals surface area (Å²) in [6.07, 6.45) is 0. The highest BCUT2D eigenvalue weighted by Crippen LogP contribution is 2.37. The van der Waals surface area contributed by atoms with E-state index in [0.717, 1.165) is 5.56 Å². The summed E-state index contributed by atoms with van der Waals surface area (Å²) in [7, 11) is 0. The molecule has 2 nitrogen and oxygen atoms in total. The van der Waals surface area contributed by atoms with Crippen LogP contribution in [0.1, 0.15) is 26.3 Å². The number of benzene rings is 1. The molecule has 2 N–H and O–H groups in total. The fourth-order valence-corrected chi connectivity index (χ4v) is 1.23. The third-order valence-electron chi connectivity index (χ3n) is 1.91. The molecule has 0 amide bonds. The largest absolute Gasteiger partial charge is 0.504 e. The van der Waals surface area contributed by atoms with Gasteiger partial charge in [0.2, 0.25) is 0 Å². The van der Waals surface area contributed by atoms with Crippen LogP contribution in [0.4, 0.5) is 0 Å². The summed E-state index contributed by atoms with van der Waals surface area (Å²) in [5.41, 5.74) is 0.808. The van der Waals surface area contributed by atoms with Gasteiger partial charge in [0.05, 0.1) is 5.02 Å². The minimum Gasteiger partial charge on any atom is -0.504 e. The third kappa shape index (κ3) is 2.07. The standard InChI is InChI=1S/C10H13ClO2/c1-10(2,3)6-4-7(11)9(13)8(12)5-6/h4-5,12-13H,1-3H3. The summed E-state index contributed by atoms with van der Waals surface area (Å²) in [5.74, 6) is -0.424. The van der Waals surface area contributed by atoms with Gasteiger partial charge in [0.25, 0.3) is 0 Å². The lowest BCUT2D eigenvalue weighted by Gasteiger charge is -2.19. The second kappa shape index (κ2) is 3.11. The van der Waals surface area contributed by atoms with Crippen molar-refractivity contribution in [1.82, 2.24) is 0 Å². The minimum absolute atomic E-state index is 0.0885. The molecule has 1 aromatic rings. The van der Waals surface area contributed by atoms with E-state index in [1.54, 1.807) is 6.07 Å². The molecule has 0 saturated heterocycles. The number of halogens is 1. The Kier molecular flexibility index (Phi) is 2.44. The first kappa shape index (κ1) is 10.2. The molecule has 0 bridgehead atoms. The van der Waals surface area contributed by atoms with Crippen molar-refractivity contribution in [3.63, 3.8) is 0 Å². The predicted octanol–water partition coefficient (Wildman–Crippen LogP) is 3.05. The molecular formula is C10H13ClO2. The van der Waals surface area contributed by atoms with Crippen molar-refractivity contribution in [3.05, 3.63) is 22.7 Å². The van der Waals surface area contributed by atoms with E-state index in [4.69, 9.17) is 11.6 Å². The Balaban J connectivity index is 3.29. The molecule has 1 rings (SSSR count). The van der Waals surface area contributed by atoms with Gasteiger partial charge in [0.15, 0.2) is 11.5 Å². The van der Waals surface area contributed by atoms with Crippen molar-refractivity contribution in [2.45, 2.75) is 26.2 Å². The lowest BCUT2D eigenvalue weighted by molar-refractivity contribution is 0.401. The van der Waals surface area contributed by atoms with Crippen molar-refractivity contribution in [1.29, 1.82) is 0 Å². The molecule has 72 valence electrons. The van der Waals surface area contributed by atoms with Crippen molar-refractivity contribution < 1.29 is 10.2 Å². The van der Waals surface area contributed by atoms with Gasteiger partial charge in [-0.15, -0.1) is 0 Å². The molecule has 0 radical (unpaired) electrons. The molecule has 3 heteroatoms. The number of phenols is 2. The first-order chi connectivity index (χ1) is 5.82. The number of aromatic hydroxyl groups is 2. The fourth-order valence-electron chi connectivity index (χ4n) is 1.02. The lowest BCUT2D eigenvalue weighted by atomic mass is 9.87. The minimum atomic E-state index is -0.255. The van der Waals surface area contributed by atoms with Crippen LogP contribution >= 0.6 is 11.6 Å². The van der Waals surface area contributed by atoms with Crippen molar-refractivity contribution in [3.8, 4) is 11.5 Å². The van der Waals surface area contributed by atoms with Gasteiger partial charge in [0.1, 0.15) is 0 Å². The van der Waals surface area contributed by atoms with Crippen molar-refractivity contribution in [2.24, 2.45) is 0 Å². The van der Waals surface area contributed by atoms with Crippen LogP contribution in [-0.4, -0.2) is 10.2 Å². The molecule has 0 fully saturated rings. The predicted molar refractivity (Wildman–Crippen MR) is 53.5 cm³/mol. The SMILES string of the molecule is CC(C)(C)c1cc(O)c(O)c(Cl)c1. The summed E-state index contributed by atoms with van der Waals surface area (Å²) in [6, 6.07) is 3.19. The molecule has 0 aromatic heterocycles. The van der Waals surface area contributed by atoms with Gasteiger partial charge in [-0.3, -0.25) is 0 Å². The number of hydrogen-bond acceptors (Lipinski definition) is 2. The molecule has 0 unspecified atom stereocenters. The average molecular weight is 201 g/mol. The molecular weight excluding hydrogens is 188 g/mol. The van der Waals surface area contributed by atoms with E-state index < -0.39 is 0 Å². The smallest absolute Gasteiger partial charge is 0.176 e. The molecule has 0 aliphatic rings. The van der Waals surface area contributed by atoms with Crippen molar-refractivity contribution in [2.75, 3.05) is 0 Å². The molecule has 0 saturated carbocycles. The van der Waals surface area contributed by atoms with Gasteiger partial charge in [-0.1, -0.05) is 32.4 Å². The third-order valence-corrected chi connectivity index (χ3v) is 2.20. The van der Waals surface area contributed by atoms with Crippen LogP contribution in [0.2, 0.25) is 5.02 Å². The summed E-state index contributed by atoms with van der Waals surface area (Å²) < 4.78 is 0. The van der Waals surface area contributed by atoms with Gasteiger partial charge in [0, 0.05) is 0 Å². The maximum atomic E-state index is 9.31. The zero-order chi connectivity index (χ0) is 10.2. The molecule has 0 aliphatic carbocycles. The summed E-state index contributed by atoms with van der Waals surface area (Å²) in [6.45, 7) is 6.03. The maximum absolute atomic E-state index is 9.31. The Bertz CT molecular complexity index is 303. The molecule has 0 atom stereocenters. The molecule has 1 aromatic carbocycles. The van der Waals surface area contributed by atoms with E-state index in [1.165, 1.54) is 6.07 Å². The lowest BCUT2D eigenvalue weighted by Crippen LogP contribution is -2.10. The van der Waals surface area contributed by atoms with Crippen LogP contribution in [0.3, 0.4) is 0 Å². The quantitative estimate of drug-likeness (QED) is 0.632. The zero-order valence-electron chi connectivity index (χ0n) is 7.93. The van der Waals surface area contributed by atoms with E-state index in [9.17, 15) is 10.2 Å². The average Bonchev–Trinajstić information content (AvgIpc) is 1.97. The van der Waals surface area contributed by atoms with Crippen LogP contribution in [0.5, 0.6) is 11.5 Å². The van der Waals surface area contributed by atoms with Crippen LogP contribution in [0.25, 0.3) is 0 Å². The zero-order valence-corrected chi connectivity index (χ0v) is 8.68. The van der Waals surface area contributed by atoms with Gasteiger partial charge in [-0.05, 0) is 23.1 Å². The molecule has 0 aliphatic heterocycles. The van der Waals surface area contributed by atoms with E-state index in [1.807, 2.05) is 20.8 Å². The number of phenolic OH excluding ortho intramolecular Hbond substituents is 2. The van der Waals surface area contributed by atoms with Crippen molar-refractivity contribution >= 4 is 11.6 Å². The fraction of sp³-hybridized carbons (Fsp3) is 0.400. The highest BCUT2D eigenvalue weighted by atomic mass is 35.5. The van der Waals surface area contributed by atoms with E-state index >= 15 is 0 Å². The second-order valence-electron chi connectivity index (χ2n) is 4.08. The Hall–Kier alpha value is -0.890. The highest BCUT2D eigenvalue weighted by Gasteiger charge is 2.17. The Morgan fingerprint density at radius 3 is 2.08 bits per heavy atom. The first-order valence-corrected chi connectivity index (χ1v) is 4.42. The summed E-state index contributed by atoms with van der Waals surface area (Å²) in [5, 5.41) is 18.7.